The van der Waals surface area contributed by atoms with Crippen LogP contribution in [0.5, 0.6) is 17.2 Å². The maximum absolute atomic E-state index is 14.8. The summed E-state index contributed by atoms with van der Waals surface area (Å²) in [6, 6.07) is 1.54. The van der Waals surface area contributed by atoms with Crippen LogP contribution >= 0.6 is 0 Å². The molecule has 4 nitrogen and oxygen atoms in total. The molecule has 1 aliphatic carbocycles. The van der Waals surface area contributed by atoms with E-state index in [0.29, 0.717) is 30.3 Å². The molecule has 0 aromatic heterocycles. The van der Waals surface area contributed by atoms with Gasteiger partial charge in [0.1, 0.15) is 13.2 Å². The first kappa shape index (κ1) is 13.5. The molecule has 1 aromatic carbocycles. The van der Waals surface area contributed by atoms with E-state index >= 15 is 0 Å². The topological polar surface area (TPSA) is 53.7 Å². The van der Waals surface area contributed by atoms with Gasteiger partial charge in [-0.05, 0) is 12.8 Å². The van der Waals surface area contributed by atoms with Gasteiger partial charge in [0.05, 0.1) is 12.7 Å². The molecule has 0 bridgehead atoms. The molecule has 1 heterocycles. The number of benzene rings is 1. The SMILES string of the molecule is COc1cc2c(c(C3(N)CCCCC3)c1F)OCCO2. The molecule has 2 N–H and O–H groups in total. The van der Waals surface area contributed by atoms with Crippen LogP contribution in [0.1, 0.15) is 37.7 Å². The van der Waals surface area contributed by atoms with Crippen molar-refractivity contribution < 1.29 is 18.6 Å². The first-order valence-corrected chi connectivity index (χ1v) is 7.11. The second kappa shape index (κ2) is 5.13. The van der Waals surface area contributed by atoms with Crippen LogP contribution in [0, 0.1) is 5.82 Å². The van der Waals surface area contributed by atoms with Crippen molar-refractivity contribution >= 4 is 0 Å². The summed E-state index contributed by atoms with van der Waals surface area (Å²) in [5, 5.41) is 0. The smallest absolute Gasteiger partial charge is 0.174 e. The van der Waals surface area contributed by atoms with E-state index in [4.69, 9.17) is 19.9 Å². The largest absolute Gasteiger partial charge is 0.494 e. The lowest BCUT2D eigenvalue weighted by Crippen LogP contribution is -2.40. The number of methoxy groups -OCH3 is 1. The molecule has 2 aliphatic rings. The maximum atomic E-state index is 14.8. The van der Waals surface area contributed by atoms with Crippen LogP contribution in [0.3, 0.4) is 0 Å². The van der Waals surface area contributed by atoms with Gasteiger partial charge in [0.25, 0.3) is 0 Å². The van der Waals surface area contributed by atoms with Crippen molar-refractivity contribution in [3.63, 3.8) is 0 Å². The third-order valence-corrected chi connectivity index (χ3v) is 4.20. The summed E-state index contributed by atoms with van der Waals surface area (Å²) in [5.41, 5.74) is 6.23. The van der Waals surface area contributed by atoms with Crippen molar-refractivity contribution in [3.05, 3.63) is 17.4 Å². The second-order valence-electron chi connectivity index (χ2n) is 5.51. The van der Waals surface area contributed by atoms with Crippen LogP contribution in [-0.2, 0) is 5.54 Å². The summed E-state index contributed by atoms with van der Waals surface area (Å²) >= 11 is 0. The lowest BCUT2D eigenvalue weighted by Gasteiger charge is -2.36. The van der Waals surface area contributed by atoms with Crippen LogP contribution < -0.4 is 19.9 Å². The van der Waals surface area contributed by atoms with Crippen LogP contribution in [-0.4, -0.2) is 20.3 Å². The Morgan fingerprint density at radius 2 is 1.90 bits per heavy atom. The molecule has 1 fully saturated rings. The standard InChI is InChI=1S/C15H20FNO3/c1-18-10-9-11-14(20-8-7-19-11)12(13(10)16)15(17)5-3-2-4-6-15/h9H,2-8,17H2,1H3. The Balaban J connectivity index is 2.16. The third-order valence-electron chi connectivity index (χ3n) is 4.20. The van der Waals surface area contributed by atoms with Gasteiger partial charge in [0.15, 0.2) is 23.1 Å². The fourth-order valence-corrected chi connectivity index (χ4v) is 3.17. The average Bonchev–Trinajstić information content (AvgIpc) is 2.47. The highest BCUT2D eigenvalue weighted by Crippen LogP contribution is 2.48. The highest BCUT2D eigenvalue weighted by molar-refractivity contribution is 5.56. The van der Waals surface area contributed by atoms with Gasteiger partial charge < -0.3 is 19.9 Å². The van der Waals surface area contributed by atoms with Crippen molar-refractivity contribution in [2.24, 2.45) is 5.73 Å². The number of rotatable bonds is 2. The van der Waals surface area contributed by atoms with Crippen molar-refractivity contribution in [3.8, 4) is 17.2 Å². The van der Waals surface area contributed by atoms with Crippen molar-refractivity contribution in [2.75, 3.05) is 20.3 Å². The van der Waals surface area contributed by atoms with Gasteiger partial charge in [-0.3, -0.25) is 0 Å². The normalized spacial score (nSPS) is 20.6. The zero-order chi connectivity index (χ0) is 14.2. The van der Waals surface area contributed by atoms with Gasteiger partial charge >= 0.3 is 0 Å². The highest BCUT2D eigenvalue weighted by atomic mass is 19.1. The Hall–Kier alpha value is -1.49. The molecule has 0 unspecified atom stereocenters. The van der Waals surface area contributed by atoms with Gasteiger partial charge in [-0.2, -0.15) is 0 Å². The zero-order valence-corrected chi connectivity index (χ0v) is 11.7. The van der Waals surface area contributed by atoms with Gasteiger partial charge in [0.2, 0.25) is 0 Å². The van der Waals surface area contributed by atoms with Gasteiger partial charge in [-0.25, -0.2) is 4.39 Å². The quantitative estimate of drug-likeness (QED) is 0.905. The van der Waals surface area contributed by atoms with E-state index in [1.165, 1.54) is 7.11 Å². The molecule has 0 saturated heterocycles. The lowest BCUT2D eigenvalue weighted by atomic mass is 9.76. The Kier molecular flexibility index (Phi) is 3.46. The Bertz CT molecular complexity index is 512. The Morgan fingerprint density at radius 3 is 2.60 bits per heavy atom. The van der Waals surface area contributed by atoms with Crippen LogP contribution in [0.4, 0.5) is 4.39 Å². The number of fused-ring (bicyclic) bond motifs is 1. The molecule has 0 radical (unpaired) electrons. The highest BCUT2D eigenvalue weighted by Gasteiger charge is 2.38. The molecule has 20 heavy (non-hydrogen) atoms. The molecular formula is C15H20FNO3. The van der Waals surface area contributed by atoms with Crippen molar-refractivity contribution in [2.45, 2.75) is 37.6 Å². The number of hydrogen-bond donors (Lipinski definition) is 1. The number of hydrogen-bond acceptors (Lipinski definition) is 4. The molecule has 3 rings (SSSR count). The second-order valence-corrected chi connectivity index (χ2v) is 5.51. The third kappa shape index (κ3) is 2.10. The minimum Gasteiger partial charge on any atom is -0.494 e. The summed E-state index contributed by atoms with van der Waals surface area (Å²) in [6.07, 6.45) is 4.66. The van der Waals surface area contributed by atoms with E-state index in [9.17, 15) is 4.39 Å². The van der Waals surface area contributed by atoms with Gasteiger partial charge in [-0.15, -0.1) is 0 Å². The van der Waals surface area contributed by atoms with E-state index in [0.717, 1.165) is 32.1 Å². The first-order chi connectivity index (χ1) is 9.65. The van der Waals surface area contributed by atoms with Crippen LogP contribution in [0.25, 0.3) is 0 Å². The minimum absolute atomic E-state index is 0.166. The molecule has 0 atom stereocenters. The summed E-state index contributed by atoms with van der Waals surface area (Å²) in [7, 11) is 1.45. The average molecular weight is 281 g/mol. The Labute approximate surface area is 118 Å². The van der Waals surface area contributed by atoms with Gasteiger partial charge in [0, 0.05) is 11.6 Å². The number of halogens is 1. The van der Waals surface area contributed by atoms with Gasteiger partial charge in [-0.1, -0.05) is 19.3 Å². The van der Waals surface area contributed by atoms with E-state index in [1.807, 2.05) is 0 Å². The fraction of sp³-hybridized carbons (Fsp3) is 0.600. The van der Waals surface area contributed by atoms with E-state index in [-0.39, 0.29) is 5.75 Å². The van der Waals surface area contributed by atoms with E-state index in [1.54, 1.807) is 6.07 Å². The monoisotopic (exact) mass is 281 g/mol. The molecule has 0 amide bonds. The zero-order valence-electron chi connectivity index (χ0n) is 11.7. The molecule has 1 aromatic rings. The summed E-state index contributed by atoms with van der Waals surface area (Å²) in [4.78, 5) is 0. The predicted molar refractivity (Wildman–Crippen MR) is 72.9 cm³/mol. The maximum Gasteiger partial charge on any atom is 0.174 e. The molecular weight excluding hydrogens is 261 g/mol. The summed E-state index contributed by atoms with van der Waals surface area (Å²) < 4.78 is 31.1. The minimum atomic E-state index is -0.693. The number of nitrogens with two attached hydrogens (primary N) is 1. The van der Waals surface area contributed by atoms with E-state index in [2.05, 4.69) is 0 Å². The molecule has 0 spiro atoms. The Morgan fingerprint density at radius 1 is 1.20 bits per heavy atom. The van der Waals surface area contributed by atoms with E-state index < -0.39 is 11.4 Å². The summed E-state index contributed by atoms with van der Waals surface area (Å²) in [5.74, 6) is 0.736. The van der Waals surface area contributed by atoms with Crippen LogP contribution in [0.2, 0.25) is 0 Å². The van der Waals surface area contributed by atoms with Crippen molar-refractivity contribution in [1.29, 1.82) is 0 Å². The molecule has 110 valence electrons. The fourth-order valence-electron chi connectivity index (χ4n) is 3.17. The molecule has 1 saturated carbocycles. The summed E-state index contributed by atoms with van der Waals surface area (Å²) in [6.45, 7) is 0.876. The van der Waals surface area contributed by atoms with Crippen LogP contribution in [0.15, 0.2) is 6.07 Å². The predicted octanol–water partition coefficient (Wildman–Crippen LogP) is 2.72. The van der Waals surface area contributed by atoms with Crippen molar-refractivity contribution in [1.82, 2.24) is 0 Å². The molecule has 1 aliphatic heterocycles. The molecule has 5 heteroatoms. The number of ether oxygens (including phenoxy) is 3. The lowest BCUT2D eigenvalue weighted by molar-refractivity contribution is 0.160. The first-order valence-electron chi connectivity index (χ1n) is 7.11.